The molecule has 0 aromatic carbocycles. The Balaban J connectivity index is 2.69. The highest BCUT2D eigenvalue weighted by Gasteiger charge is 2.36. The Bertz CT molecular complexity index is 282. The van der Waals surface area contributed by atoms with Crippen LogP contribution in [0.15, 0.2) is 0 Å². The number of carbonyl (C=O) groups excluding carboxylic acids is 1. The van der Waals surface area contributed by atoms with Crippen molar-refractivity contribution in [3.05, 3.63) is 0 Å². The number of aliphatic carboxylic acids is 1. The van der Waals surface area contributed by atoms with Crippen LogP contribution in [-0.4, -0.2) is 22.5 Å². The van der Waals surface area contributed by atoms with Crippen molar-refractivity contribution in [2.45, 2.75) is 64.3 Å². The molecule has 0 radical (unpaired) electrons. The minimum Gasteiger partial charge on any atom is -0.481 e. The van der Waals surface area contributed by atoms with Crippen molar-refractivity contribution in [1.82, 2.24) is 5.32 Å². The van der Waals surface area contributed by atoms with Crippen molar-refractivity contribution in [3.8, 4) is 0 Å². The minimum atomic E-state index is -0.823. The summed E-state index contributed by atoms with van der Waals surface area (Å²) in [7, 11) is 0. The molecule has 0 bridgehead atoms. The Morgan fingerprint density at radius 1 is 1.29 bits per heavy atom. The highest BCUT2D eigenvalue weighted by atomic mass is 16.4. The van der Waals surface area contributed by atoms with Crippen LogP contribution in [0.5, 0.6) is 0 Å². The summed E-state index contributed by atoms with van der Waals surface area (Å²) in [5.41, 5.74) is -0.495. The molecule has 1 amide bonds. The summed E-state index contributed by atoms with van der Waals surface area (Å²) in [6.45, 7) is 3.85. The van der Waals surface area contributed by atoms with Gasteiger partial charge in [0.2, 0.25) is 5.91 Å². The molecule has 1 rings (SSSR count). The van der Waals surface area contributed by atoms with Crippen molar-refractivity contribution in [2.24, 2.45) is 5.92 Å². The number of rotatable bonds is 5. The Morgan fingerprint density at radius 2 is 1.88 bits per heavy atom. The van der Waals surface area contributed by atoms with E-state index in [-0.39, 0.29) is 18.2 Å². The number of amides is 1. The van der Waals surface area contributed by atoms with Crippen LogP contribution < -0.4 is 5.32 Å². The first-order valence-electron chi connectivity index (χ1n) is 6.53. The number of hydrogen-bond donors (Lipinski definition) is 2. The van der Waals surface area contributed by atoms with E-state index in [4.69, 9.17) is 5.11 Å². The van der Waals surface area contributed by atoms with Crippen LogP contribution >= 0.6 is 0 Å². The van der Waals surface area contributed by atoms with Crippen LogP contribution in [0.25, 0.3) is 0 Å². The second-order valence-electron chi connectivity index (χ2n) is 5.21. The molecule has 2 N–H and O–H groups in total. The molecule has 0 aromatic heterocycles. The summed E-state index contributed by atoms with van der Waals surface area (Å²) < 4.78 is 0. The molecule has 1 fully saturated rings. The molecule has 0 spiro atoms. The van der Waals surface area contributed by atoms with E-state index in [2.05, 4.69) is 5.32 Å². The third kappa shape index (κ3) is 4.02. The van der Waals surface area contributed by atoms with E-state index in [1.807, 2.05) is 13.8 Å². The monoisotopic (exact) mass is 241 g/mol. The molecule has 1 atom stereocenters. The first-order valence-corrected chi connectivity index (χ1v) is 6.53. The minimum absolute atomic E-state index is 0.00403. The van der Waals surface area contributed by atoms with Crippen LogP contribution in [0.3, 0.4) is 0 Å². The van der Waals surface area contributed by atoms with E-state index >= 15 is 0 Å². The fourth-order valence-corrected chi connectivity index (χ4v) is 2.43. The Hall–Kier alpha value is -1.06. The number of hydrogen-bond acceptors (Lipinski definition) is 2. The van der Waals surface area contributed by atoms with Crippen LogP contribution in [0.2, 0.25) is 0 Å². The van der Waals surface area contributed by atoms with Crippen molar-refractivity contribution in [2.75, 3.05) is 0 Å². The van der Waals surface area contributed by atoms with E-state index in [0.717, 1.165) is 38.5 Å². The van der Waals surface area contributed by atoms with Gasteiger partial charge in [0.25, 0.3) is 0 Å². The van der Waals surface area contributed by atoms with Gasteiger partial charge in [-0.05, 0) is 19.3 Å². The summed E-state index contributed by atoms with van der Waals surface area (Å²) in [5, 5.41) is 12.0. The van der Waals surface area contributed by atoms with Gasteiger partial charge in [0, 0.05) is 5.92 Å². The molecule has 0 heterocycles. The molecular formula is C13H23NO3. The molecule has 4 heteroatoms. The topological polar surface area (TPSA) is 66.4 Å². The summed E-state index contributed by atoms with van der Waals surface area (Å²) in [4.78, 5) is 22.9. The fraction of sp³-hybridized carbons (Fsp3) is 0.846. The summed E-state index contributed by atoms with van der Waals surface area (Å²) in [6, 6.07) is 0. The summed E-state index contributed by atoms with van der Waals surface area (Å²) in [5.74, 6) is -0.866. The zero-order valence-electron chi connectivity index (χ0n) is 10.8. The average Bonchev–Trinajstić information content (AvgIpc) is 2.27. The van der Waals surface area contributed by atoms with E-state index in [1.165, 1.54) is 0 Å². The largest absolute Gasteiger partial charge is 0.481 e. The van der Waals surface area contributed by atoms with Crippen LogP contribution in [0.4, 0.5) is 0 Å². The number of nitrogens with one attached hydrogen (secondary N) is 1. The van der Waals surface area contributed by atoms with Gasteiger partial charge in [-0.1, -0.05) is 33.1 Å². The zero-order valence-corrected chi connectivity index (χ0v) is 10.8. The van der Waals surface area contributed by atoms with Gasteiger partial charge in [0.05, 0.1) is 12.0 Å². The number of carboxylic acid groups (broad SMARTS) is 1. The predicted molar refractivity (Wildman–Crippen MR) is 65.7 cm³/mol. The maximum atomic E-state index is 11.9. The molecule has 17 heavy (non-hydrogen) atoms. The second kappa shape index (κ2) is 6.03. The molecule has 1 aliphatic carbocycles. The Labute approximate surface area is 103 Å². The molecular weight excluding hydrogens is 218 g/mol. The highest BCUT2D eigenvalue weighted by molar-refractivity contribution is 5.80. The van der Waals surface area contributed by atoms with Crippen molar-refractivity contribution in [1.29, 1.82) is 0 Å². The molecule has 1 saturated carbocycles. The highest BCUT2D eigenvalue weighted by Crippen LogP contribution is 2.31. The Kier molecular flexibility index (Phi) is 4.97. The fourth-order valence-electron chi connectivity index (χ4n) is 2.43. The van der Waals surface area contributed by atoms with Crippen LogP contribution in [-0.2, 0) is 9.59 Å². The first kappa shape index (κ1) is 14.0. The predicted octanol–water partition coefficient (Wildman–Crippen LogP) is 2.33. The summed E-state index contributed by atoms with van der Waals surface area (Å²) >= 11 is 0. The lowest BCUT2D eigenvalue weighted by atomic mass is 9.79. The maximum absolute atomic E-state index is 11.9. The third-order valence-electron chi connectivity index (χ3n) is 3.75. The van der Waals surface area contributed by atoms with Crippen molar-refractivity contribution >= 4 is 11.9 Å². The lowest BCUT2D eigenvalue weighted by Gasteiger charge is -2.37. The van der Waals surface area contributed by atoms with E-state index in [9.17, 15) is 9.59 Å². The second-order valence-corrected chi connectivity index (χ2v) is 5.21. The molecule has 0 aromatic rings. The van der Waals surface area contributed by atoms with Gasteiger partial charge >= 0.3 is 5.97 Å². The maximum Gasteiger partial charge on any atom is 0.305 e. The van der Waals surface area contributed by atoms with E-state index in [0.29, 0.717) is 0 Å². The molecule has 0 saturated heterocycles. The summed E-state index contributed by atoms with van der Waals surface area (Å²) in [6.07, 6.45) is 5.58. The first-order chi connectivity index (χ1) is 7.99. The van der Waals surface area contributed by atoms with Gasteiger partial charge in [-0.25, -0.2) is 0 Å². The SMILES string of the molecule is CC[C@H](C)C(=O)NC1(CC(=O)O)CCCCC1. The molecule has 0 aliphatic heterocycles. The smallest absolute Gasteiger partial charge is 0.305 e. The van der Waals surface area contributed by atoms with Crippen LogP contribution in [0.1, 0.15) is 58.8 Å². The Morgan fingerprint density at radius 3 is 2.35 bits per heavy atom. The standard InChI is InChI=1S/C13H23NO3/c1-3-10(2)12(17)14-13(9-11(15)16)7-5-4-6-8-13/h10H,3-9H2,1-2H3,(H,14,17)(H,15,16)/t10-/m0/s1. The van der Waals surface area contributed by atoms with Gasteiger partial charge in [-0.15, -0.1) is 0 Å². The normalized spacial score (nSPS) is 20.6. The van der Waals surface area contributed by atoms with Gasteiger partial charge in [0.15, 0.2) is 0 Å². The van der Waals surface area contributed by atoms with Crippen molar-refractivity contribution < 1.29 is 14.7 Å². The molecule has 1 aliphatic rings. The molecule has 0 unspecified atom stereocenters. The lowest BCUT2D eigenvalue weighted by Crippen LogP contribution is -2.52. The average molecular weight is 241 g/mol. The van der Waals surface area contributed by atoms with Crippen LogP contribution in [0, 0.1) is 5.92 Å². The molecule has 98 valence electrons. The van der Waals surface area contributed by atoms with Gasteiger partial charge < -0.3 is 10.4 Å². The van der Waals surface area contributed by atoms with Gasteiger partial charge in [-0.3, -0.25) is 9.59 Å². The quantitative estimate of drug-likeness (QED) is 0.776. The van der Waals surface area contributed by atoms with Gasteiger partial charge in [-0.2, -0.15) is 0 Å². The number of carbonyl (C=O) groups is 2. The van der Waals surface area contributed by atoms with Crippen molar-refractivity contribution in [3.63, 3.8) is 0 Å². The third-order valence-corrected chi connectivity index (χ3v) is 3.75. The van der Waals surface area contributed by atoms with Gasteiger partial charge in [0.1, 0.15) is 0 Å². The van der Waals surface area contributed by atoms with E-state index in [1.54, 1.807) is 0 Å². The van der Waals surface area contributed by atoms with E-state index < -0.39 is 11.5 Å². The molecule has 4 nitrogen and oxygen atoms in total. The zero-order chi connectivity index (χ0) is 12.9. The lowest BCUT2D eigenvalue weighted by molar-refractivity contribution is -0.140. The number of carboxylic acids is 1.